The predicted octanol–water partition coefficient (Wildman–Crippen LogP) is 6.27. The van der Waals surface area contributed by atoms with Gasteiger partial charge in [0.05, 0.1) is 11.1 Å². The highest BCUT2D eigenvalue weighted by atomic mass is 19.4. The standard InChI is InChI=1S/C28H35F6N3O/c1-4-36(5-2)24-12-15-37(16-13-24)25(21-9-7-6-8-10-21)26(38)35(3)14-11-20-17-22(27(29,30)31)19-23(18-20)28(32,33)34/h6-10,17-19,24-25H,4-5,11-16H2,1-3H3. The zero-order valence-corrected chi connectivity index (χ0v) is 21.9. The molecule has 1 fully saturated rings. The third-order valence-corrected chi connectivity index (χ3v) is 7.30. The minimum atomic E-state index is -4.91. The summed E-state index contributed by atoms with van der Waals surface area (Å²) >= 11 is 0. The molecule has 3 rings (SSSR count). The van der Waals surface area contributed by atoms with E-state index in [2.05, 4.69) is 23.6 Å². The van der Waals surface area contributed by atoms with E-state index in [1.165, 1.54) is 4.90 Å². The van der Waals surface area contributed by atoms with Gasteiger partial charge >= 0.3 is 12.4 Å². The molecule has 2 aromatic carbocycles. The van der Waals surface area contributed by atoms with E-state index >= 15 is 0 Å². The maximum absolute atomic E-state index is 13.7. The third kappa shape index (κ3) is 7.50. The Bertz CT molecular complexity index is 1010. The molecule has 0 bridgehead atoms. The summed E-state index contributed by atoms with van der Waals surface area (Å²) in [7, 11) is 1.54. The van der Waals surface area contributed by atoms with Crippen molar-refractivity contribution in [1.29, 1.82) is 0 Å². The Labute approximate surface area is 220 Å². The summed E-state index contributed by atoms with van der Waals surface area (Å²) in [5.74, 6) is -0.236. The van der Waals surface area contributed by atoms with Crippen molar-refractivity contribution >= 4 is 5.91 Å². The first-order valence-electron chi connectivity index (χ1n) is 12.9. The topological polar surface area (TPSA) is 26.8 Å². The van der Waals surface area contributed by atoms with Crippen molar-refractivity contribution in [1.82, 2.24) is 14.7 Å². The monoisotopic (exact) mass is 543 g/mol. The van der Waals surface area contributed by atoms with Crippen molar-refractivity contribution in [3.8, 4) is 0 Å². The van der Waals surface area contributed by atoms with Gasteiger partial charge in [-0.1, -0.05) is 44.2 Å². The number of hydrogen-bond donors (Lipinski definition) is 0. The molecule has 0 N–H and O–H groups in total. The second kappa shape index (κ2) is 12.5. The highest BCUT2D eigenvalue weighted by molar-refractivity contribution is 5.83. The molecule has 1 atom stereocenters. The highest BCUT2D eigenvalue weighted by Gasteiger charge is 2.37. The van der Waals surface area contributed by atoms with E-state index in [1.54, 1.807) is 7.05 Å². The molecule has 1 amide bonds. The van der Waals surface area contributed by atoms with Gasteiger partial charge < -0.3 is 9.80 Å². The van der Waals surface area contributed by atoms with E-state index < -0.39 is 29.5 Å². The predicted molar refractivity (Wildman–Crippen MR) is 134 cm³/mol. The van der Waals surface area contributed by atoms with Crippen LogP contribution in [0, 0.1) is 0 Å². The van der Waals surface area contributed by atoms with Crippen LogP contribution in [-0.2, 0) is 23.6 Å². The van der Waals surface area contributed by atoms with Crippen LogP contribution in [0.25, 0.3) is 0 Å². The van der Waals surface area contributed by atoms with Gasteiger partial charge in [-0.2, -0.15) is 26.3 Å². The number of rotatable bonds is 9. The van der Waals surface area contributed by atoms with Gasteiger partial charge in [0.15, 0.2) is 0 Å². The highest BCUT2D eigenvalue weighted by Crippen LogP contribution is 2.36. The lowest BCUT2D eigenvalue weighted by atomic mass is 9.97. The molecule has 0 spiro atoms. The SMILES string of the molecule is CCN(CC)C1CCN(C(C(=O)N(C)CCc2cc(C(F)(F)F)cc(C(F)(F)F)c2)c2ccccc2)CC1. The quantitative estimate of drug-likeness (QED) is 0.349. The van der Waals surface area contributed by atoms with Gasteiger partial charge in [-0.25, -0.2) is 0 Å². The Morgan fingerprint density at radius 3 is 1.92 bits per heavy atom. The summed E-state index contributed by atoms with van der Waals surface area (Å²) in [4.78, 5) is 19.6. The molecule has 1 heterocycles. The normalized spacial score (nSPS) is 16.6. The lowest BCUT2D eigenvalue weighted by Gasteiger charge is -2.41. The number of carbonyl (C=O) groups is 1. The number of halogens is 6. The van der Waals surface area contributed by atoms with Crippen molar-refractivity contribution in [3.05, 3.63) is 70.8 Å². The van der Waals surface area contributed by atoms with E-state index in [0.29, 0.717) is 19.1 Å². The van der Waals surface area contributed by atoms with Crippen LogP contribution >= 0.6 is 0 Å². The molecule has 1 aliphatic heterocycles. The third-order valence-electron chi connectivity index (χ3n) is 7.30. The molecule has 4 nitrogen and oxygen atoms in total. The first kappa shape index (κ1) is 30.0. The smallest absolute Gasteiger partial charge is 0.344 e. The molecular formula is C28H35F6N3O. The number of hydrogen-bond acceptors (Lipinski definition) is 3. The Morgan fingerprint density at radius 2 is 1.45 bits per heavy atom. The zero-order valence-electron chi connectivity index (χ0n) is 21.9. The van der Waals surface area contributed by atoms with Gasteiger partial charge in [-0.3, -0.25) is 9.69 Å². The molecule has 0 saturated carbocycles. The summed E-state index contributed by atoms with van der Waals surface area (Å²) in [6, 6.07) is 10.7. The fraction of sp³-hybridized carbons (Fsp3) is 0.536. The van der Waals surface area contributed by atoms with Gasteiger partial charge in [0, 0.05) is 32.7 Å². The first-order chi connectivity index (χ1) is 17.8. The van der Waals surface area contributed by atoms with E-state index in [0.717, 1.165) is 43.6 Å². The Balaban J connectivity index is 1.77. The van der Waals surface area contributed by atoms with Crippen molar-refractivity contribution in [2.75, 3.05) is 39.8 Å². The van der Waals surface area contributed by atoms with E-state index in [9.17, 15) is 31.1 Å². The van der Waals surface area contributed by atoms with Crippen LogP contribution in [0.5, 0.6) is 0 Å². The lowest BCUT2D eigenvalue weighted by molar-refractivity contribution is -0.143. The molecule has 1 saturated heterocycles. The van der Waals surface area contributed by atoms with Crippen molar-refractivity contribution in [2.45, 2.75) is 57.5 Å². The number of likely N-dealkylation sites (N-methyl/N-ethyl adjacent to an activating group) is 1. The minimum absolute atomic E-state index is 0.0172. The van der Waals surface area contributed by atoms with E-state index in [-0.39, 0.29) is 30.5 Å². The number of amides is 1. The number of alkyl halides is 6. The van der Waals surface area contributed by atoms with Crippen LogP contribution in [0.2, 0.25) is 0 Å². The largest absolute Gasteiger partial charge is 0.416 e. The molecule has 10 heteroatoms. The summed E-state index contributed by atoms with van der Waals surface area (Å²) in [6.07, 6.45) is -8.14. The molecule has 0 aromatic heterocycles. The Morgan fingerprint density at radius 1 is 0.921 bits per heavy atom. The van der Waals surface area contributed by atoms with Gasteiger partial charge in [0.25, 0.3) is 0 Å². The fourth-order valence-corrected chi connectivity index (χ4v) is 5.17. The molecule has 0 radical (unpaired) electrons. The van der Waals surface area contributed by atoms with Crippen LogP contribution in [0.1, 0.15) is 55.0 Å². The van der Waals surface area contributed by atoms with Crippen LogP contribution < -0.4 is 0 Å². The second-order valence-corrected chi connectivity index (χ2v) is 9.73. The molecule has 1 aliphatic rings. The fourth-order valence-electron chi connectivity index (χ4n) is 5.17. The average Bonchev–Trinajstić information content (AvgIpc) is 2.88. The van der Waals surface area contributed by atoms with Crippen molar-refractivity contribution in [2.24, 2.45) is 0 Å². The minimum Gasteiger partial charge on any atom is -0.344 e. The zero-order chi connectivity index (χ0) is 28.1. The summed E-state index contributed by atoms with van der Waals surface area (Å²) in [6.45, 7) is 7.57. The van der Waals surface area contributed by atoms with E-state index in [1.807, 2.05) is 30.3 Å². The first-order valence-corrected chi connectivity index (χ1v) is 12.9. The Kier molecular flexibility index (Phi) is 9.86. The van der Waals surface area contributed by atoms with Crippen LogP contribution in [0.15, 0.2) is 48.5 Å². The van der Waals surface area contributed by atoms with Gasteiger partial charge in [0.1, 0.15) is 6.04 Å². The molecule has 38 heavy (non-hydrogen) atoms. The average molecular weight is 544 g/mol. The van der Waals surface area contributed by atoms with Crippen LogP contribution in [-0.4, -0.2) is 66.4 Å². The number of nitrogens with zero attached hydrogens (tertiary/aromatic N) is 3. The van der Waals surface area contributed by atoms with Crippen LogP contribution in [0.3, 0.4) is 0 Å². The van der Waals surface area contributed by atoms with E-state index in [4.69, 9.17) is 0 Å². The Hall–Kier alpha value is -2.59. The molecular weight excluding hydrogens is 508 g/mol. The van der Waals surface area contributed by atoms with Gasteiger partial charge in [-0.15, -0.1) is 0 Å². The number of piperidine rings is 1. The molecule has 0 aliphatic carbocycles. The summed E-state index contributed by atoms with van der Waals surface area (Å²) in [5, 5.41) is 0. The number of benzene rings is 2. The van der Waals surface area contributed by atoms with Crippen molar-refractivity contribution in [3.63, 3.8) is 0 Å². The van der Waals surface area contributed by atoms with Crippen LogP contribution in [0.4, 0.5) is 26.3 Å². The summed E-state index contributed by atoms with van der Waals surface area (Å²) < 4.78 is 79.5. The molecule has 1 unspecified atom stereocenters. The molecule has 210 valence electrons. The summed E-state index contributed by atoms with van der Waals surface area (Å²) in [5.41, 5.74) is -2.02. The number of carbonyl (C=O) groups excluding carboxylic acids is 1. The maximum Gasteiger partial charge on any atom is 0.416 e. The second-order valence-electron chi connectivity index (χ2n) is 9.73. The lowest BCUT2D eigenvalue weighted by Crippen LogP contribution is -2.49. The van der Waals surface area contributed by atoms with Gasteiger partial charge in [0.2, 0.25) is 5.91 Å². The maximum atomic E-state index is 13.7. The van der Waals surface area contributed by atoms with Crippen molar-refractivity contribution < 1.29 is 31.1 Å². The molecule has 2 aromatic rings. The number of likely N-dealkylation sites (tertiary alicyclic amines) is 1. The van der Waals surface area contributed by atoms with Gasteiger partial charge in [-0.05, 0) is 61.7 Å².